The van der Waals surface area contributed by atoms with Crippen LogP contribution in [0.15, 0.2) is 0 Å². The predicted octanol–water partition coefficient (Wildman–Crippen LogP) is 0.326. The molecule has 3 N–H and O–H groups in total. The maximum Gasteiger partial charge on any atom is 0.230 e. The zero-order valence-corrected chi connectivity index (χ0v) is 10.2. The fourth-order valence-electron chi connectivity index (χ4n) is 2.87. The van der Waals surface area contributed by atoms with Crippen molar-refractivity contribution in [3.05, 3.63) is 0 Å². The van der Waals surface area contributed by atoms with Crippen LogP contribution >= 0.6 is 0 Å². The van der Waals surface area contributed by atoms with Crippen molar-refractivity contribution in [2.45, 2.75) is 38.6 Å². The smallest absolute Gasteiger partial charge is 0.230 e. The molecule has 1 aliphatic heterocycles. The molecule has 2 unspecified atom stereocenters. The Balaban J connectivity index is 2.05. The van der Waals surface area contributed by atoms with E-state index in [-0.39, 0.29) is 17.4 Å². The lowest BCUT2D eigenvalue weighted by atomic mass is 9.83. The maximum atomic E-state index is 12.5. The minimum absolute atomic E-state index is 0.0520. The SMILES string of the molecule is CC1(C(=O)N2CCCNCC2)CCCC1N. The van der Waals surface area contributed by atoms with E-state index in [0.29, 0.717) is 0 Å². The molecule has 0 aromatic rings. The van der Waals surface area contributed by atoms with Crippen molar-refractivity contribution in [1.29, 1.82) is 0 Å². The van der Waals surface area contributed by atoms with Gasteiger partial charge in [0.15, 0.2) is 0 Å². The summed E-state index contributed by atoms with van der Waals surface area (Å²) in [5, 5.41) is 3.32. The fraction of sp³-hybridized carbons (Fsp3) is 0.917. The van der Waals surface area contributed by atoms with Gasteiger partial charge in [-0.3, -0.25) is 4.79 Å². The van der Waals surface area contributed by atoms with Gasteiger partial charge in [0, 0.05) is 25.7 Å². The Morgan fingerprint density at radius 1 is 1.38 bits per heavy atom. The van der Waals surface area contributed by atoms with E-state index >= 15 is 0 Å². The third kappa shape index (κ3) is 2.09. The number of nitrogens with two attached hydrogens (primary N) is 1. The van der Waals surface area contributed by atoms with E-state index < -0.39 is 0 Å². The number of hydrogen-bond donors (Lipinski definition) is 2. The molecule has 92 valence electrons. The highest BCUT2D eigenvalue weighted by Gasteiger charge is 2.44. The molecule has 1 amide bonds. The highest BCUT2D eigenvalue weighted by molar-refractivity contribution is 5.83. The molecule has 1 saturated carbocycles. The summed E-state index contributed by atoms with van der Waals surface area (Å²) in [5.41, 5.74) is 5.80. The van der Waals surface area contributed by atoms with E-state index in [1.165, 1.54) is 0 Å². The van der Waals surface area contributed by atoms with E-state index in [4.69, 9.17) is 5.73 Å². The minimum Gasteiger partial charge on any atom is -0.341 e. The monoisotopic (exact) mass is 225 g/mol. The van der Waals surface area contributed by atoms with Crippen molar-refractivity contribution in [2.24, 2.45) is 11.1 Å². The molecule has 0 spiro atoms. The van der Waals surface area contributed by atoms with E-state index in [2.05, 4.69) is 5.32 Å². The Kier molecular flexibility index (Phi) is 3.50. The fourth-order valence-corrected chi connectivity index (χ4v) is 2.87. The first-order valence-corrected chi connectivity index (χ1v) is 6.40. The number of nitrogens with zero attached hydrogens (tertiary/aromatic N) is 1. The van der Waals surface area contributed by atoms with Crippen LogP contribution in [0.2, 0.25) is 0 Å². The summed E-state index contributed by atoms with van der Waals surface area (Å²) >= 11 is 0. The molecule has 4 heteroatoms. The molecule has 1 saturated heterocycles. The lowest BCUT2D eigenvalue weighted by molar-refractivity contribution is -0.141. The number of carbonyl (C=O) groups is 1. The number of rotatable bonds is 1. The largest absolute Gasteiger partial charge is 0.341 e. The Labute approximate surface area is 97.6 Å². The van der Waals surface area contributed by atoms with Crippen molar-refractivity contribution in [3.8, 4) is 0 Å². The molecule has 1 heterocycles. The normalized spacial score (nSPS) is 36.1. The van der Waals surface area contributed by atoms with Crippen LogP contribution in [0.4, 0.5) is 0 Å². The van der Waals surface area contributed by atoms with Gasteiger partial charge >= 0.3 is 0 Å². The van der Waals surface area contributed by atoms with Crippen LogP contribution in [0, 0.1) is 5.41 Å². The van der Waals surface area contributed by atoms with Crippen LogP contribution in [0.3, 0.4) is 0 Å². The third-order valence-corrected chi connectivity index (χ3v) is 4.15. The Morgan fingerprint density at radius 3 is 2.88 bits per heavy atom. The van der Waals surface area contributed by atoms with E-state index in [0.717, 1.165) is 51.9 Å². The quantitative estimate of drug-likeness (QED) is 0.676. The Morgan fingerprint density at radius 2 is 2.19 bits per heavy atom. The lowest BCUT2D eigenvalue weighted by Crippen LogP contribution is -2.50. The molecular formula is C12H23N3O. The summed E-state index contributed by atoms with van der Waals surface area (Å²) in [6, 6.07) is 0.0520. The van der Waals surface area contributed by atoms with E-state index in [9.17, 15) is 4.79 Å². The summed E-state index contributed by atoms with van der Waals surface area (Å²) in [5.74, 6) is 0.279. The van der Waals surface area contributed by atoms with Crippen LogP contribution in [-0.4, -0.2) is 43.0 Å². The van der Waals surface area contributed by atoms with Gasteiger partial charge in [0.25, 0.3) is 0 Å². The number of nitrogens with one attached hydrogen (secondary N) is 1. The standard InChI is InChI=1S/C12H23N3O/c1-12(5-2-4-10(12)13)11(16)15-8-3-6-14-7-9-15/h10,14H,2-9,13H2,1H3. The summed E-state index contributed by atoms with van der Waals surface area (Å²) in [6.45, 7) is 5.70. The molecule has 0 bridgehead atoms. The van der Waals surface area contributed by atoms with Gasteiger partial charge in [-0.25, -0.2) is 0 Å². The van der Waals surface area contributed by atoms with Crippen molar-refractivity contribution < 1.29 is 4.79 Å². The summed E-state index contributed by atoms with van der Waals surface area (Å²) < 4.78 is 0. The summed E-state index contributed by atoms with van der Waals surface area (Å²) in [4.78, 5) is 14.5. The minimum atomic E-state index is -0.301. The average Bonchev–Trinajstić information content (AvgIpc) is 2.53. The molecule has 2 rings (SSSR count). The molecule has 0 radical (unpaired) electrons. The second-order valence-corrected chi connectivity index (χ2v) is 5.31. The zero-order chi connectivity index (χ0) is 11.6. The van der Waals surface area contributed by atoms with Gasteiger partial charge in [0.1, 0.15) is 0 Å². The third-order valence-electron chi connectivity index (χ3n) is 4.15. The molecule has 2 fully saturated rings. The maximum absolute atomic E-state index is 12.5. The summed E-state index contributed by atoms with van der Waals surface area (Å²) in [6.07, 6.45) is 4.10. The molecule has 0 aromatic carbocycles. The second-order valence-electron chi connectivity index (χ2n) is 5.31. The van der Waals surface area contributed by atoms with E-state index in [1.807, 2.05) is 11.8 Å². The highest BCUT2D eigenvalue weighted by Crippen LogP contribution is 2.38. The van der Waals surface area contributed by atoms with Crippen LogP contribution in [0.5, 0.6) is 0 Å². The highest BCUT2D eigenvalue weighted by atomic mass is 16.2. The Bertz CT molecular complexity index is 261. The summed E-state index contributed by atoms with van der Waals surface area (Å²) in [7, 11) is 0. The predicted molar refractivity (Wildman–Crippen MR) is 64.0 cm³/mol. The lowest BCUT2D eigenvalue weighted by Gasteiger charge is -2.33. The first-order chi connectivity index (χ1) is 7.64. The molecular weight excluding hydrogens is 202 g/mol. The van der Waals surface area contributed by atoms with Crippen LogP contribution in [0.25, 0.3) is 0 Å². The van der Waals surface area contributed by atoms with Crippen molar-refractivity contribution in [3.63, 3.8) is 0 Å². The van der Waals surface area contributed by atoms with Crippen LogP contribution in [-0.2, 0) is 4.79 Å². The second kappa shape index (κ2) is 4.72. The Hall–Kier alpha value is -0.610. The van der Waals surface area contributed by atoms with Crippen molar-refractivity contribution in [1.82, 2.24) is 10.2 Å². The van der Waals surface area contributed by atoms with E-state index in [1.54, 1.807) is 0 Å². The molecule has 16 heavy (non-hydrogen) atoms. The van der Waals surface area contributed by atoms with Gasteiger partial charge in [0.05, 0.1) is 5.41 Å². The van der Waals surface area contributed by atoms with Gasteiger partial charge in [-0.1, -0.05) is 6.42 Å². The first-order valence-electron chi connectivity index (χ1n) is 6.40. The molecule has 2 aliphatic rings. The van der Waals surface area contributed by atoms with Crippen molar-refractivity contribution >= 4 is 5.91 Å². The number of hydrogen-bond acceptors (Lipinski definition) is 3. The molecule has 1 aliphatic carbocycles. The van der Waals surface area contributed by atoms with Gasteiger partial charge in [-0.15, -0.1) is 0 Å². The first kappa shape index (κ1) is 11.9. The molecule has 2 atom stereocenters. The number of amides is 1. The van der Waals surface area contributed by atoms with Crippen molar-refractivity contribution in [2.75, 3.05) is 26.2 Å². The average molecular weight is 225 g/mol. The molecule has 4 nitrogen and oxygen atoms in total. The van der Waals surface area contributed by atoms with Gasteiger partial charge < -0.3 is 16.0 Å². The zero-order valence-electron chi connectivity index (χ0n) is 10.2. The van der Waals surface area contributed by atoms with Gasteiger partial charge in [-0.2, -0.15) is 0 Å². The topological polar surface area (TPSA) is 58.4 Å². The molecule has 0 aromatic heterocycles. The van der Waals surface area contributed by atoms with Crippen LogP contribution in [0.1, 0.15) is 32.6 Å². The number of carbonyl (C=O) groups excluding carboxylic acids is 1. The van der Waals surface area contributed by atoms with Gasteiger partial charge in [0.2, 0.25) is 5.91 Å². The van der Waals surface area contributed by atoms with Gasteiger partial charge in [-0.05, 0) is 32.7 Å². The van der Waals surface area contributed by atoms with Crippen LogP contribution < -0.4 is 11.1 Å².